The van der Waals surface area contributed by atoms with Gasteiger partial charge in [0.05, 0.1) is 0 Å². The molecule has 2 atom stereocenters. The summed E-state index contributed by atoms with van der Waals surface area (Å²) < 4.78 is 2.10. The number of carbonyl (C=O) groups excluding carboxylic acids is 1. The molecule has 2 rings (SSSR count). The van der Waals surface area contributed by atoms with Crippen molar-refractivity contribution < 1.29 is 14.7 Å². The van der Waals surface area contributed by atoms with E-state index in [-0.39, 0.29) is 24.5 Å². The number of hydrogen-bond donors (Lipinski definition) is 1. The van der Waals surface area contributed by atoms with Gasteiger partial charge in [-0.3, -0.25) is 9.59 Å². The quantitative estimate of drug-likeness (QED) is 0.353. The average molecular weight is 406 g/mol. The van der Waals surface area contributed by atoms with Crippen LogP contribution in [0.4, 0.5) is 0 Å². The van der Waals surface area contributed by atoms with E-state index in [0.717, 1.165) is 47.3 Å². The molecular formula is C23H32ClNO3. The van der Waals surface area contributed by atoms with Gasteiger partial charge in [0, 0.05) is 47.1 Å². The van der Waals surface area contributed by atoms with Gasteiger partial charge in [0.25, 0.3) is 0 Å². The van der Waals surface area contributed by atoms with Crippen LogP contribution in [0.1, 0.15) is 75.3 Å². The molecule has 0 aliphatic heterocycles. The summed E-state index contributed by atoms with van der Waals surface area (Å²) >= 11 is 6.21. The fraction of sp³-hybridized carbons (Fsp3) is 0.565. The highest BCUT2D eigenvalue weighted by Crippen LogP contribution is 2.31. The Labute approximate surface area is 172 Å². The number of Topliss-reactive ketones (excluding diaryl/α,β-unsaturated/α-hetero) is 1. The van der Waals surface area contributed by atoms with E-state index in [4.69, 9.17) is 16.7 Å². The smallest absolute Gasteiger partial charge is 0.303 e. The van der Waals surface area contributed by atoms with Crippen LogP contribution in [0, 0.1) is 11.8 Å². The lowest BCUT2D eigenvalue weighted by atomic mass is 9.94. The maximum absolute atomic E-state index is 13.1. The van der Waals surface area contributed by atoms with Crippen LogP contribution in [0.2, 0.25) is 5.02 Å². The molecule has 0 fully saturated rings. The van der Waals surface area contributed by atoms with E-state index in [0.29, 0.717) is 5.02 Å². The Hall–Kier alpha value is -1.81. The zero-order valence-electron chi connectivity index (χ0n) is 17.4. The van der Waals surface area contributed by atoms with Gasteiger partial charge in [0.2, 0.25) is 0 Å². The first-order valence-corrected chi connectivity index (χ1v) is 10.6. The van der Waals surface area contributed by atoms with Crippen molar-refractivity contribution in [2.75, 3.05) is 0 Å². The van der Waals surface area contributed by atoms with Crippen LogP contribution in [0.5, 0.6) is 0 Å². The van der Waals surface area contributed by atoms with E-state index >= 15 is 0 Å². The van der Waals surface area contributed by atoms with Crippen LogP contribution in [-0.4, -0.2) is 21.4 Å². The summed E-state index contributed by atoms with van der Waals surface area (Å²) in [6.45, 7) is 6.31. The molecule has 0 spiro atoms. The molecule has 2 unspecified atom stereocenters. The summed E-state index contributed by atoms with van der Waals surface area (Å²) in [5.41, 5.74) is 2.75. The Morgan fingerprint density at radius 2 is 1.86 bits per heavy atom. The predicted molar refractivity (Wildman–Crippen MR) is 115 cm³/mol. The standard InChI is InChI=1S/C23H32ClNO3/c1-5-15(2)8-6-7-9-20-23(21(26)12-16(3)13-22(27)28)18-14-17(24)10-11-19(18)25(20)4/h10-11,14-16H,5-9,12-13H2,1-4H3,(H,27,28). The van der Waals surface area contributed by atoms with Gasteiger partial charge < -0.3 is 9.67 Å². The van der Waals surface area contributed by atoms with Gasteiger partial charge in [0.15, 0.2) is 5.78 Å². The number of ketones is 1. The maximum Gasteiger partial charge on any atom is 0.303 e. The molecule has 0 saturated carbocycles. The van der Waals surface area contributed by atoms with Crippen molar-refractivity contribution in [3.05, 3.63) is 34.5 Å². The van der Waals surface area contributed by atoms with Crippen molar-refractivity contribution in [1.82, 2.24) is 4.57 Å². The number of hydrogen-bond acceptors (Lipinski definition) is 2. The largest absolute Gasteiger partial charge is 0.481 e. The van der Waals surface area contributed by atoms with E-state index in [2.05, 4.69) is 18.4 Å². The summed E-state index contributed by atoms with van der Waals surface area (Å²) in [5, 5.41) is 10.5. The van der Waals surface area contributed by atoms with Crippen molar-refractivity contribution in [2.24, 2.45) is 18.9 Å². The Morgan fingerprint density at radius 3 is 2.50 bits per heavy atom. The van der Waals surface area contributed by atoms with E-state index in [1.54, 1.807) is 0 Å². The first-order chi connectivity index (χ1) is 13.2. The van der Waals surface area contributed by atoms with Crippen LogP contribution < -0.4 is 0 Å². The number of benzene rings is 1. The second-order valence-corrected chi connectivity index (χ2v) is 8.57. The van der Waals surface area contributed by atoms with Crippen LogP contribution in [0.15, 0.2) is 18.2 Å². The highest BCUT2D eigenvalue weighted by atomic mass is 35.5. The molecule has 1 heterocycles. The van der Waals surface area contributed by atoms with Crippen molar-refractivity contribution in [3.8, 4) is 0 Å². The first kappa shape index (κ1) is 22.5. The normalized spacial score (nSPS) is 13.6. The van der Waals surface area contributed by atoms with Crippen molar-refractivity contribution in [2.45, 2.75) is 65.7 Å². The van der Waals surface area contributed by atoms with Gasteiger partial charge in [-0.2, -0.15) is 0 Å². The number of fused-ring (bicyclic) bond motifs is 1. The van der Waals surface area contributed by atoms with Gasteiger partial charge in [-0.15, -0.1) is 0 Å². The number of carboxylic acid groups (broad SMARTS) is 1. The van der Waals surface area contributed by atoms with E-state index < -0.39 is 5.97 Å². The molecule has 1 aromatic carbocycles. The van der Waals surface area contributed by atoms with Crippen LogP contribution in [0.25, 0.3) is 10.9 Å². The predicted octanol–water partition coefficient (Wildman–Crippen LogP) is 6.27. The zero-order chi connectivity index (χ0) is 20.8. The molecule has 1 N–H and O–H groups in total. The molecule has 28 heavy (non-hydrogen) atoms. The molecule has 1 aromatic heterocycles. The number of aromatic nitrogens is 1. The van der Waals surface area contributed by atoms with Gasteiger partial charge in [-0.05, 0) is 42.9 Å². The van der Waals surface area contributed by atoms with Gasteiger partial charge in [-0.25, -0.2) is 0 Å². The Balaban J connectivity index is 2.31. The lowest BCUT2D eigenvalue weighted by Crippen LogP contribution is -2.12. The maximum atomic E-state index is 13.1. The van der Waals surface area contributed by atoms with Crippen LogP contribution in [-0.2, 0) is 18.3 Å². The molecular weight excluding hydrogens is 374 g/mol. The Morgan fingerprint density at radius 1 is 1.14 bits per heavy atom. The van der Waals surface area contributed by atoms with Gasteiger partial charge in [0.1, 0.15) is 0 Å². The second-order valence-electron chi connectivity index (χ2n) is 8.13. The molecule has 154 valence electrons. The monoisotopic (exact) mass is 405 g/mol. The Bertz CT molecular complexity index is 840. The number of nitrogens with zero attached hydrogens (tertiary/aromatic N) is 1. The molecule has 2 aromatic rings. The third-order valence-electron chi connectivity index (χ3n) is 5.68. The number of aliphatic carboxylic acids is 1. The van der Waals surface area contributed by atoms with Crippen LogP contribution in [0.3, 0.4) is 0 Å². The molecule has 5 heteroatoms. The lowest BCUT2D eigenvalue weighted by molar-refractivity contribution is -0.137. The number of rotatable bonds is 11. The van der Waals surface area contributed by atoms with Crippen molar-refractivity contribution in [1.29, 1.82) is 0 Å². The highest BCUT2D eigenvalue weighted by Gasteiger charge is 2.23. The summed E-state index contributed by atoms with van der Waals surface area (Å²) in [5.74, 6) is -0.327. The second kappa shape index (κ2) is 10.1. The summed E-state index contributed by atoms with van der Waals surface area (Å²) in [7, 11) is 2.00. The number of aryl methyl sites for hydroxylation is 1. The minimum absolute atomic E-state index is 0.00149. The molecule has 0 aliphatic rings. The first-order valence-electron chi connectivity index (χ1n) is 10.3. The molecule has 4 nitrogen and oxygen atoms in total. The molecule has 0 amide bonds. The SMILES string of the molecule is CCC(C)CCCCc1c(C(=O)CC(C)CC(=O)O)c2cc(Cl)ccc2n1C. The summed E-state index contributed by atoms with van der Waals surface area (Å²) in [6, 6.07) is 5.66. The van der Waals surface area contributed by atoms with E-state index in [1.165, 1.54) is 12.8 Å². The fourth-order valence-corrected chi connectivity index (χ4v) is 4.02. The summed E-state index contributed by atoms with van der Waals surface area (Å²) in [4.78, 5) is 24.1. The van der Waals surface area contributed by atoms with Crippen molar-refractivity contribution in [3.63, 3.8) is 0 Å². The number of carbonyl (C=O) groups is 2. The molecule has 0 radical (unpaired) electrons. The summed E-state index contributed by atoms with van der Waals surface area (Å²) in [6.07, 6.45) is 5.64. The molecule has 0 bridgehead atoms. The average Bonchev–Trinajstić information content (AvgIpc) is 2.89. The minimum atomic E-state index is -0.869. The minimum Gasteiger partial charge on any atom is -0.481 e. The van der Waals surface area contributed by atoms with Gasteiger partial charge >= 0.3 is 5.97 Å². The number of unbranched alkanes of at least 4 members (excludes halogenated alkanes) is 1. The fourth-order valence-electron chi connectivity index (χ4n) is 3.85. The van der Waals surface area contributed by atoms with Crippen molar-refractivity contribution >= 4 is 34.3 Å². The lowest BCUT2D eigenvalue weighted by Gasteiger charge is -2.11. The number of halogens is 1. The van der Waals surface area contributed by atoms with Gasteiger partial charge in [-0.1, -0.05) is 51.6 Å². The Kier molecular flexibility index (Phi) is 8.11. The third kappa shape index (κ3) is 5.60. The third-order valence-corrected chi connectivity index (χ3v) is 5.91. The molecule has 0 saturated heterocycles. The topological polar surface area (TPSA) is 59.3 Å². The number of carboxylic acids is 1. The van der Waals surface area contributed by atoms with E-state index in [9.17, 15) is 9.59 Å². The zero-order valence-corrected chi connectivity index (χ0v) is 18.2. The van der Waals surface area contributed by atoms with Crippen LogP contribution >= 0.6 is 11.6 Å². The highest BCUT2D eigenvalue weighted by molar-refractivity contribution is 6.31. The van der Waals surface area contributed by atoms with E-state index in [1.807, 2.05) is 32.2 Å². The molecule has 0 aliphatic carbocycles.